The van der Waals surface area contributed by atoms with Gasteiger partial charge >= 0.3 is 0 Å². The van der Waals surface area contributed by atoms with Crippen molar-refractivity contribution in [3.05, 3.63) is 34.9 Å². The van der Waals surface area contributed by atoms with Crippen molar-refractivity contribution in [1.29, 1.82) is 0 Å². The summed E-state index contributed by atoms with van der Waals surface area (Å²) < 4.78 is 5.40. The van der Waals surface area contributed by atoms with Gasteiger partial charge in [0.2, 0.25) is 0 Å². The zero-order chi connectivity index (χ0) is 14.5. The lowest BCUT2D eigenvalue weighted by Gasteiger charge is -2.27. The van der Waals surface area contributed by atoms with Gasteiger partial charge in [-0.15, -0.1) is 0 Å². The summed E-state index contributed by atoms with van der Waals surface area (Å²) in [5, 5.41) is 4.40. The fourth-order valence-corrected chi connectivity index (χ4v) is 2.34. The second kappa shape index (κ2) is 7.28. The summed E-state index contributed by atoms with van der Waals surface area (Å²) in [7, 11) is 1.76. The Hall–Kier alpha value is -0.570. The molecule has 0 radical (unpaired) electrons. The van der Waals surface area contributed by atoms with Gasteiger partial charge in [0, 0.05) is 30.1 Å². The number of ether oxygens (including phenoxy) is 1. The maximum atomic E-state index is 6.33. The fraction of sp³-hybridized carbons (Fsp3) is 0.625. The minimum absolute atomic E-state index is 0.107. The minimum atomic E-state index is 0.107. The Bertz CT molecular complexity index is 387. The lowest BCUT2D eigenvalue weighted by molar-refractivity contribution is 0.103. The number of hydrogen-bond donors (Lipinski definition) is 1. The highest BCUT2D eigenvalue weighted by molar-refractivity contribution is 6.31. The number of rotatable bonds is 6. The molecule has 108 valence electrons. The predicted molar refractivity (Wildman–Crippen MR) is 83.0 cm³/mol. The summed E-state index contributed by atoms with van der Waals surface area (Å²) in [4.78, 5) is 0. The van der Waals surface area contributed by atoms with Gasteiger partial charge in [0.05, 0.1) is 6.10 Å². The molecule has 3 heteroatoms. The molecule has 1 aromatic carbocycles. The van der Waals surface area contributed by atoms with E-state index in [1.54, 1.807) is 7.11 Å². The molecule has 0 saturated heterocycles. The highest BCUT2D eigenvalue weighted by Gasteiger charge is 2.20. The normalized spacial score (nSPS) is 15.3. The van der Waals surface area contributed by atoms with E-state index in [1.165, 1.54) is 5.56 Å². The molecular formula is C16H26ClNO. The van der Waals surface area contributed by atoms with E-state index in [-0.39, 0.29) is 11.6 Å². The molecule has 19 heavy (non-hydrogen) atoms. The van der Waals surface area contributed by atoms with E-state index in [9.17, 15) is 0 Å². The number of halogens is 1. The van der Waals surface area contributed by atoms with Crippen LogP contribution in [0, 0.1) is 0 Å². The lowest BCUT2D eigenvalue weighted by Crippen LogP contribution is -2.39. The van der Waals surface area contributed by atoms with Crippen LogP contribution in [0.5, 0.6) is 0 Å². The zero-order valence-electron chi connectivity index (χ0n) is 12.7. The van der Waals surface area contributed by atoms with E-state index in [0.29, 0.717) is 5.92 Å². The summed E-state index contributed by atoms with van der Waals surface area (Å²) in [6.45, 7) is 9.53. The molecule has 0 amide bonds. The van der Waals surface area contributed by atoms with Crippen molar-refractivity contribution in [2.45, 2.75) is 51.7 Å². The minimum Gasteiger partial charge on any atom is -0.382 e. The molecular weight excluding hydrogens is 258 g/mol. The maximum absolute atomic E-state index is 6.33. The van der Waals surface area contributed by atoms with Crippen molar-refractivity contribution in [1.82, 2.24) is 5.32 Å². The van der Waals surface area contributed by atoms with Crippen molar-refractivity contribution < 1.29 is 4.74 Å². The summed E-state index contributed by atoms with van der Waals surface area (Å²) in [6.07, 6.45) is 1.19. The van der Waals surface area contributed by atoms with Crippen LogP contribution in [0.15, 0.2) is 24.3 Å². The molecule has 0 bridgehead atoms. The van der Waals surface area contributed by atoms with Gasteiger partial charge in [0.1, 0.15) is 0 Å². The number of benzene rings is 1. The average molecular weight is 284 g/mol. The third kappa shape index (κ3) is 5.94. The van der Waals surface area contributed by atoms with Crippen LogP contribution in [0.25, 0.3) is 0 Å². The lowest BCUT2D eigenvalue weighted by atomic mass is 9.92. The van der Waals surface area contributed by atoms with Crippen molar-refractivity contribution in [2.24, 2.45) is 0 Å². The Kier molecular flexibility index (Phi) is 6.31. The first kappa shape index (κ1) is 16.5. The summed E-state index contributed by atoms with van der Waals surface area (Å²) in [6, 6.07) is 8.08. The highest BCUT2D eigenvalue weighted by atomic mass is 35.5. The smallest absolute Gasteiger partial charge is 0.0549 e. The van der Waals surface area contributed by atoms with Crippen LogP contribution in [0.3, 0.4) is 0 Å². The monoisotopic (exact) mass is 283 g/mol. The molecule has 2 nitrogen and oxygen atoms in total. The number of hydrogen-bond acceptors (Lipinski definition) is 2. The van der Waals surface area contributed by atoms with E-state index in [2.05, 4.69) is 39.1 Å². The first-order valence-corrected chi connectivity index (χ1v) is 7.23. The molecule has 0 spiro atoms. The molecule has 0 fully saturated rings. The van der Waals surface area contributed by atoms with E-state index in [4.69, 9.17) is 16.3 Å². The first-order chi connectivity index (χ1) is 8.83. The van der Waals surface area contributed by atoms with Crippen LogP contribution >= 0.6 is 11.6 Å². The molecule has 0 aliphatic carbocycles. The topological polar surface area (TPSA) is 21.3 Å². The maximum Gasteiger partial charge on any atom is 0.0549 e. The Morgan fingerprint density at radius 1 is 1.26 bits per heavy atom. The quantitative estimate of drug-likeness (QED) is 0.843. The molecule has 0 aliphatic rings. The molecule has 1 rings (SSSR count). The van der Waals surface area contributed by atoms with Crippen LogP contribution in [-0.4, -0.2) is 25.3 Å². The average Bonchev–Trinajstić information content (AvgIpc) is 2.34. The van der Waals surface area contributed by atoms with E-state index in [0.717, 1.165) is 18.0 Å². The second-order valence-corrected chi connectivity index (χ2v) is 6.54. The van der Waals surface area contributed by atoms with Crippen LogP contribution in [0.4, 0.5) is 0 Å². The largest absolute Gasteiger partial charge is 0.382 e. The van der Waals surface area contributed by atoms with Crippen LogP contribution in [0.1, 0.15) is 45.6 Å². The van der Waals surface area contributed by atoms with Gasteiger partial charge in [0.15, 0.2) is 0 Å². The molecule has 1 aromatic rings. The van der Waals surface area contributed by atoms with Gasteiger partial charge in [-0.2, -0.15) is 0 Å². The Labute approximate surface area is 122 Å². The van der Waals surface area contributed by atoms with Gasteiger partial charge < -0.3 is 10.1 Å². The SMILES string of the molecule is COC(C)CC(CNC(C)(C)C)c1ccccc1Cl. The number of methoxy groups -OCH3 is 1. The van der Waals surface area contributed by atoms with Gasteiger partial charge in [0.25, 0.3) is 0 Å². The molecule has 2 unspecified atom stereocenters. The molecule has 0 aliphatic heterocycles. The van der Waals surface area contributed by atoms with Gasteiger partial charge in [-0.1, -0.05) is 29.8 Å². The summed E-state index contributed by atoms with van der Waals surface area (Å²) in [5.74, 6) is 0.364. The molecule has 0 heterocycles. The Morgan fingerprint density at radius 3 is 2.42 bits per heavy atom. The highest BCUT2D eigenvalue weighted by Crippen LogP contribution is 2.28. The van der Waals surface area contributed by atoms with Crippen LogP contribution in [0.2, 0.25) is 5.02 Å². The van der Waals surface area contributed by atoms with Gasteiger partial charge in [-0.3, -0.25) is 0 Å². The summed E-state index contributed by atoms with van der Waals surface area (Å²) >= 11 is 6.33. The third-order valence-corrected chi connectivity index (χ3v) is 3.59. The van der Waals surface area contributed by atoms with E-state index >= 15 is 0 Å². The second-order valence-electron chi connectivity index (χ2n) is 6.13. The standard InChI is InChI=1S/C16H26ClNO/c1-12(19-5)10-13(11-18-16(2,3)4)14-8-6-7-9-15(14)17/h6-9,12-13,18H,10-11H2,1-5H3. The molecule has 2 atom stereocenters. The van der Waals surface area contributed by atoms with Crippen molar-refractivity contribution in [3.63, 3.8) is 0 Å². The van der Waals surface area contributed by atoms with Crippen molar-refractivity contribution in [3.8, 4) is 0 Å². The van der Waals surface area contributed by atoms with Gasteiger partial charge in [-0.05, 0) is 45.7 Å². The van der Waals surface area contributed by atoms with Crippen LogP contribution in [-0.2, 0) is 4.74 Å². The molecule has 0 saturated carbocycles. The predicted octanol–water partition coefficient (Wildman–Crippen LogP) is 4.24. The van der Waals surface area contributed by atoms with E-state index < -0.39 is 0 Å². The Balaban J connectivity index is 2.83. The fourth-order valence-electron chi connectivity index (χ4n) is 2.05. The zero-order valence-corrected chi connectivity index (χ0v) is 13.4. The van der Waals surface area contributed by atoms with Crippen molar-refractivity contribution >= 4 is 11.6 Å². The molecule has 0 aromatic heterocycles. The number of nitrogens with one attached hydrogen (secondary N) is 1. The molecule has 1 N–H and O–H groups in total. The van der Waals surface area contributed by atoms with Crippen LogP contribution < -0.4 is 5.32 Å². The van der Waals surface area contributed by atoms with Gasteiger partial charge in [-0.25, -0.2) is 0 Å². The van der Waals surface area contributed by atoms with E-state index in [1.807, 2.05) is 18.2 Å². The third-order valence-electron chi connectivity index (χ3n) is 3.24. The van der Waals surface area contributed by atoms with Crippen molar-refractivity contribution in [2.75, 3.05) is 13.7 Å². The first-order valence-electron chi connectivity index (χ1n) is 6.85. The summed E-state index contributed by atoms with van der Waals surface area (Å²) in [5.41, 5.74) is 1.31. The Morgan fingerprint density at radius 2 is 1.89 bits per heavy atom.